The molecule has 3 heterocycles. The van der Waals surface area contributed by atoms with Crippen molar-refractivity contribution in [3.63, 3.8) is 0 Å². The lowest BCUT2D eigenvalue weighted by atomic mass is 9.95. The van der Waals surface area contributed by atoms with E-state index in [1.165, 1.54) is 0 Å². The number of aliphatic hydroxyl groups excluding tert-OH is 1. The van der Waals surface area contributed by atoms with E-state index in [2.05, 4.69) is 15.4 Å². The summed E-state index contributed by atoms with van der Waals surface area (Å²) in [7, 11) is 0. The number of hydrogen-bond acceptors (Lipinski definition) is 7. The van der Waals surface area contributed by atoms with Gasteiger partial charge in [0.1, 0.15) is 6.04 Å². The van der Waals surface area contributed by atoms with Crippen LogP contribution in [0.5, 0.6) is 11.5 Å². The summed E-state index contributed by atoms with van der Waals surface area (Å²) < 4.78 is 12.5. The number of carbonyl (C=O) groups excluding carboxylic acids is 1. The summed E-state index contributed by atoms with van der Waals surface area (Å²) in [6.07, 6.45) is 1.10. The first-order valence-corrected chi connectivity index (χ1v) is 8.32. The van der Waals surface area contributed by atoms with Crippen LogP contribution < -0.4 is 20.5 Å². The van der Waals surface area contributed by atoms with Gasteiger partial charge in [-0.2, -0.15) is 10.1 Å². The maximum atomic E-state index is 12.1. The molecular formula is C17H19N5O4. The lowest BCUT2D eigenvalue weighted by molar-refractivity contribution is -0.115. The second-order valence-electron chi connectivity index (χ2n) is 6.17. The van der Waals surface area contributed by atoms with Gasteiger partial charge in [0.25, 0.3) is 0 Å². The van der Waals surface area contributed by atoms with Gasteiger partial charge in [-0.15, -0.1) is 0 Å². The molecule has 2 aromatic rings. The molecule has 2 aliphatic heterocycles. The van der Waals surface area contributed by atoms with E-state index in [4.69, 9.17) is 20.3 Å². The summed E-state index contributed by atoms with van der Waals surface area (Å²) in [6.45, 7) is 2.01. The van der Waals surface area contributed by atoms with Gasteiger partial charge in [-0.25, -0.2) is 4.68 Å². The van der Waals surface area contributed by atoms with E-state index in [1.807, 2.05) is 12.1 Å². The molecule has 4 N–H and O–H groups in total. The first-order chi connectivity index (χ1) is 12.6. The predicted molar refractivity (Wildman–Crippen MR) is 91.6 cm³/mol. The molecule has 1 atom stereocenters. The average molecular weight is 357 g/mol. The Hall–Kier alpha value is -3.07. The van der Waals surface area contributed by atoms with Crippen molar-refractivity contribution in [1.29, 1.82) is 0 Å². The zero-order valence-corrected chi connectivity index (χ0v) is 14.2. The fraction of sp³-hybridized carbons (Fsp3) is 0.353. The van der Waals surface area contributed by atoms with E-state index in [9.17, 15) is 4.79 Å². The number of aromatic nitrogens is 3. The van der Waals surface area contributed by atoms with Gasteiger partial charge < -0.3 is 25.6 Å². The van der Waals surface area contributed by atoms with Crippen molar-refractivity contribution in [3.8, 4) is 11.5 Å². The minimum absolute atomic E-state index is 0.0622. The Morgan fingerprint density at radius 1 is 1.42 bits per heavy atom. The number of benzene rings is 1. The van der Waals surface area contributed by atoms with Crippen LogP contribution in [0.3, 0.4) is 0 Å². The number of amides is 1. The smallest absolute Gasteiger partial charge is 0.248 e. The maximum absolute atomic E-state index is 12.1. The summed E-state index contributed by atoms with van der Waals surface area (Å²) in [4.78, 5) is 16.6. The number of aliphatic hydroxyl groups is 1. The van der Waals surface area contributed by atoms with Crippen LogP contribution in [0, 0.1) is 0 Å². The Bertz CT molecular complexity index is 905. The van der Waals surface area contributed by atoms with E-state index < -0.39 is 11.9 Å². The Balaban J connectivity index is 1.81. The van der Waals surface area contributed by atoms with Crippen molar-refractivity contribution in [2.75, 3.05) is 18.7 Å². The van der Waals surface area contributed by atoms with Crippen LogP contribution in [0.15, 0.2) is 29.5 Å². The van der Waals surface area contributed by atoms with Crippen LogP contribution in [0.1, 0.15) is 30.8 Å². The maximum Gasteiger partial charge on any atom is 0.248 e. The number of ether oxygens (including phenoxy) is 2. The largest absolute Gasteiger partial charge is 0.454 e. The third-order valence-electron chi connectivity index (χ3n) is 4.43. The van der Waals surface area contributed by atoms with Gasteiger partial charge in [-0.3, -0.25) is 4.79 Å². The molecule has 0 bridgehead atoms. The molecule has 0 saturated carbocycles. The molecule has 9 heteroatoms. The van der Waals surface area contributed by atoms with Crippen LogP contribution in [0.2, 0.25) is 0 Å². The number of rotatable bonds is 5. The van der Waals surface area contributed by atoms with Crippen molar-refractivity contribution in [1.82, 2.24) is 14.8 Å². The number of allylic oxidation sites excluding steroid dienone is 1. The fourth-order valence-corrected chi connectivity index (χ4v) is 3.25. The molecule has 4 rings (SSSR count). The van der Waals surface area contributed by atoms with Crippen LogP contribution in [-0.2, 0) is 11.2 Å². The molecular weight excluding hydrogens is 338 g/mol. The topological polar surface area (TPSA) is 125 Å². The van der Waals surface area contributed by atoms with Crippen molar-refractivity contribution < 1.29 is 19.4 Å². The third-order valence-corrected chi connectivity index (χ3v) is 4.43. The minimum Gasteiger partial charge on any atom is -0.454 e. The molecule has 1 aromatic carbocycles. The van der Waals surface area contributed by atoms with Crippen molar-refractivity contribution >= 4 is 11.9 Å². The quantitative estimate of drug-likeness (QED) is 0.719. The normalized spacial score (nSPS) is 17.8. The summed E-state index contributed by atoms with van der Waals surface area (Å²) in [6, 6.07) is 4.97. The second-order valence-corrected chi connectivity index (χ2v) is 6.17. The van der Waals surface area contributed by atoms with Gasteiger partial charge in [0.2, 0.25) is 18.6 Å². The molecule has 2 aliphatic rings. The van der Waals surface area contributed by atoms with Gasteiger partial charge in [-0.05, 0) is 31.0 Å². The molecule has 26 heavy (non-hydrogen) atoms. The van der Waals surface area contributed by atoms with Gasteiger partial charge in [0, 0.05) is 18.7 Å². The van der Waals surface area contributed by atoms with Gasteiger partial charge in [0.15, 0.2) is 17.3 Å². The average Bonchev–Trinajstić information content (AvgIpc) is 3.23. The monoisotopic (exact) mass is 357 g/mol. The third kappa shape index (κ3) is 2.66. The minimum atomic E-state index is -0.532. The zero-order valence-electron chi connectivity index (χ0n) is 14.2. The predicted octanol–water partition coefficient (Wildman–Crippen LogP) is 0.706. The van der Waals surface area contributed by atoms with E-state index in [-0.39, 0.29) is 13.4 Å². The highest BCUT2D eigenvalue weighted by Crippen LogP contribution is 2.40. The zero-order chi connectivity index (χ0) is 18.3. The van der Waals surface area contributed by atoms with Crippen LogP contribution in [-0.4, -0.2) is 39.2 Å². The van der Waals surface area contributed by atoms with Crippen LogP contribution in [0.25, 0.3) is 0 Å². The lowest BCUT2D eigenvalue weighted by Crippen LogP contribution is -2.31. The van der Waals surface area contributed by atoms with Crippen molar-refractivity contribution in [2.24, 2.45) is 5.73 Å². The fourth-order valence-electron chi connectivity index (χ4n) is 3.25. The molecule has 0 spiro atoms. The van der Waals surface area contributed by atoms with E-state index >= 15 is 0 Å². The van der Waals surface area contributed by atoms with Gasteiger partial charge >= 0.3 is 0 Å². The van der Waals surface area contributed by atoms with Crippen molar-refractivity contribution in [3.05, 3.63) is 40.9 Å². The number of aryl methyl sites for hydroxylation is 1. The second kappa shape index (κ2) is 6.34. The van der Waals surface area contributed by atoms with E-state index in [0.717, 1.165) is 5.56 Å². The number of nitrogens with two attached hydrogens (primary N) is 1. The van der Waals surface area contributed by atoms with Crippen LogP contribution >= 0.6 is 0 Å². The Morgan fingerprint density at radius 2 is 2.23 bits per heavy atom. The molecule has 0 aliphatic carbocycles. The molecule has 0 fully saturated rings. The molecule has 0 radical (unpaired) electrons. The molecule has 1 amide bonds. The summed E-state index contributed by atoms with van der Waals surface area (Å²) in [5.74, 6) is 1.86. The summed E-state index contributed by atoms with van der Waals surface area (Å²) in [5, 5.41) is 16.6. The standard InChI is InChI=1S/C17H19N5O4/c1-9-14(16(18)24)15(10-4-5-11-12(7-10)26-8-25-11)22-17(19-9)20-13(21-22)3-2-6-23/h4-5,7,15,23H,2-3,6,8H2,1H3,(H2,18,24)(H,19,20,21)/t15-/m1/s1. The molecule has 9 nitrogen and oxygen atoms in total. The van der Waals surface area contributed by atoms with Crippen LogP contribution in [0.4, 0.5) is 5.95 Å². The highest BCUT2D eigenvalue weighted by Gasteiger charge is 2.34. The molecule has 1 aromatic heterocycles. The van der Waals surface area contributed by atoms with Gasteiger partial charge in [-0.1, -0.05) is 6.07 Å². The number of anilines is 1. The summed E-state index contributed by atoms with van der Waals surface area (Å²) >= 11 is 0. The summed E-state index contributed by atoms with van der Waals surface area (Å²) in [5.41, 5.74) is 7.50. The molecule has 0 saturated heterocycles. The highest BCUT2D eigenvalue weighted by molar-refractivity contribution is 5.95. The Labute approximate surface area is 149 Å². The Kier molecular flexibility index (Phi) is 4.00. The number of fused-ring (bicyclic) bond motifs is 2. The number of primary amides is 1. The van der Waals surface area contributed by atoms with E-state index in [0.29, 0.717) is 47.4 Å². The first-order valence-electron chi connectivity index (χ1n) is 8.32. The van der Waals surface area contributed by atoms with E-state index in [1.54, 1.807) is 17.7 Å². The number of carbonyl (C=O) groups is 1. The number of nitrogens with zero attached hydrogens (tertiary/aromatic N) is 3. The number of hydrogen-bond donors (Lipinski definition) is 3. The SMILES string of the molecule is CC1=C(C(N)=O)[C@@H](c2ccc3c(c2)OCO3)n2nc(CCCO)nc2N1. The molecule has 0 unspecified atom stereocenters. The lowest BCUT2D eigenvalue weighted by Gasteiger charge is -2.27. The first kappa shape index (κ1) is 16.4. The highest BCUT2D eigenvalue weighted by atomic mass is 16.7. The number of nitrogens with one attached hydrogen (secondary N) is 1. The van der Waals surface area contributed by atoms with Crippen molar-refractivity contribution in [2.45, 2.75) is 25.8 Å². The Morgan fingerprint density at radius 3 is 3.00 bits per heavy atom. The van der Waals surface area contributed by atoms with Gasteiger partial charge in [0.05, 0.1) is 5.57 Å². The molecule has 136 valence electrons.